The molecule has 3 rings (SSSR count). The second-order valence-electron chi connectivity index (χ2n) is 7.49. The first-order valence-corrected chi connectivity index (χ1v) is 12.1. The van der Waals surface area contributed by atoms with Crippen molar-refractivity contribution in [3.63, 3.8) is 0 Å². The van der Waals surface area contributed by atoms with Gasteiger partial charge in [-0.2, -0.15) is 4.31 Å². The Labute approximate surface area is 197 Å². The number of esters is 1. The minimum absolute atomic E-state index is 0.00135. The Balaban J connectivity index is 1.54. The third kappa shape index (κ3) is 6.31. The van der Waals surface area contributed by atoms with Gasteiger partial charge in [0.15, 0.2) is 6.61 Å². The smallest absolute Gasteiger partial charge is 0.338 e. The number of para-hydroxylation sites is 1. The van der Waals surface area contributed by atoms with E-state index in [-0.39, 0.29) is 17.0 Å². The molecule has 0 aromatic heterocycles. The number of likely N-dealkylation sites (N-methyl/N-ethyl adjacent to an activating group) is 1. The third-order valence-electron chi connectivity index (χ3n) is 5.05. The largest absolute Gasteiger partial charge is 0.452 e. The van der Waals surface area contributed by atoms with E-state index in [9.17, 15) is 22.8 Å². The molecule has 1 heterocycles. The number of anilines is 1. The van der Waals surface area contributed by atoms with Crippen molar-refractivity contribution in [3.05, 3.63) is 59.1 Å². The van der Waals surface area contributed by atoms with Gasteiger partial charge in [-0.3, -0.25) is 9.59 Å². The molecular weight excluding hydrogens is 470 g/mol. The minimum atomic E-state index is -3.69. The summed E-state index contributed by atoms with van der Waals surface area (Å²) >= 11 is 5.99. The van der Waals surface area contributed by atoms with Crippen LogP contribution in [0.5, 0.6) is 0 Å². The van der Waals surface area contributed by atoms with Crippen molar-refractivity contribution < 1.29 is 27.5 Å². The average molecular weight is 494 g/mol. The standard InChI is InChI=1S/C22H24ClN3O6S/c1-25(14-20(27)24-19-10-3-2-9-18(19)23)21(28)15-32-22(29)16-7-6-8-17(13-16)33(30,31)26-11-4-5-12-26/h2-3,6-10,13H,4-5,11-12,14-15H2,1H3,(H,24,27). The zero-order valence-electron chi connectivity index (χ0n) is 18.0. The first kappa shape index (κ1) is 24.7. The maximum atomic E-state index is 12.7. The molecule has 33 heavy (non-hydrogen) atoms. The Morgan fingerprint density at radius 3 is 2.48 bits per heavy atom. The summed E-state index contributed by atoms with van der Waals surface area (Å²) in [6.45, 7) is 0.0206. The highest BCUT2D eigenvalue weighted by Gasteiger charge is 2.28. The minimum Gasteiger partial charge on any atom is -0.452 e. The van der Waals surface area contributed by atoms with Crippen LogP contribution >= 0.6 is 11.6 Å². The van der Waals surface area contributed by atoms with Crippen LogP contribution in [0, 0.1) is 0 Å². The zero-order chi connectivity index (χ0) is 24.0. The van der Waals surface area contributed by atoms with Crippen LogP contribution in [0.4, 0.5) is 5.69 Å². The highest BCUT2D eigenvalue weighted by molar-refractivity contribution is 7.89. The van der Waals surface area contributed by atoms with Crippen molar-refractivity contribution in [2.75, 3.05) is 38.6 Å². The second-order valence-corrected chi connectivity index (χ2v) is 9.84. The van der Waals surface area contributed by atoms with E-state index in [2.05, 4.69) is 5.32 Å². The Kier molecular flexibility index (Phi) is 8.06. The maximum absolute atomic E-state index is 12.7. The van der Waals surface area contributed by atoms with Gasteiger partial charge in [-0.05, 0) is 43.2 Å². The first-order chi connectivity index (χ1) is 15.7. The SMILES string of the molecule is CN(CC(=O)Nc1ccccc1Cl)C(=O)COC(=O)c1cccc(S(=O)(=O)N2CCCC2)c1. The van der Waals surface area contributed by atoms with Gasteiger partial charge < -0.3 is 15.0 Å². The molecule has 1 aliphatic rings. The van der Waals surface area contributed by atoms with Gasteiger partial charge in [0.25, 0.3) is 5.91 Å². The van der Waals surface area contributed by atoms with Crippen molar-refractivity contribution in [1.29, 1.82) is 0 Å². The normalized spacial score (nSPS) is 14.0. The summed E-state index contributed by atoms with van der Waals surface area (Å²) in [7, 11) is -2.29. The maximum Gasteiger partial charge on any atom is 0.338 e. The van der Waals surface area contributed by atoms with E-state index >= 15 is 0 Å². The monoisotopic (exact) mass is 493 g/mol. The molecular formula is C22H24ClN3O6S. The molecule has 1 saturated heterocycles. The Morgan fingerprint density at radius 1 is 1.09 bits per heavy atom. The van der Waals surface area contributed by atoms with Crippen molar-refractivity contribution in [1.82, 2.24) is 9.21 Å². The van der Waals surface area contributed by atoms with E-state index in [0.29, 0.717) is 23.8 Å². The summed E-state index contributed by atoms with van der Waals surface area (Å²) in [6, 6.07) is 12.2. The first-order valence-electron chi connectivity index (χ1n) is 10.2. The number of rotatable bonds is 8. The van der Waals surface area contributed by atoms with Gasteiger partial charge in [0.2, 0.25) is 15.9 Å². The number of nitrogens with one attached hydrogen (secondary N) is 1. The van der Waals surface area contributed by atoms with Gasteiger partial charge in [-0.1, -0.05) is 29.8 Å². The van der Waals surface area contributed by atoms with E-state index in [1.54, 1.807) is 24.3 Å². The van der Waals surface area contributed by atoms with Gasteiger partial charge in [0.05, 0.1) is 27.7 Å². The number of benzene rings is 2. The van der Waals surface area contributed by atoms with Crippen LogP contribution < -0.4 is 5.32 Å². The lowest BCUT2D eigenvalue weighted by molar-refractivity contribution is -0.136. The quantitative estimate of drug-likeness (QED) is 0.565. The number of hydrogen-bond donors (Lipinski definition) is 1. The summed E-state index contributed by atoms with van der Waals surface area (Å²) in [4.78, 5) is 37.9. The van der Waals surface area contributed by atoms with Crippen LogP contribution in [0.1, 0.15) is 23.2 Å². The number of carbonyl (C=O) groups excluding carboxylic acids is 3. The third-order valence-corrected chi connectivity index (χ3v) is 7.28. The van der Waals surface area contributed by atoms with Gasteiger partial charge in [-0.15, -0.1) is 0 Å². The van der Waals surface area contributed by atoms with Crippen LogP contribution in [0.2, 0.25) is 5.02 Å². The Morgan fingerprint density at radius 2 is 1.79 bits per heavy atom. The van der Waals surface area contributed by atoms with Crippen LogP contribution in [0.3, 0.4) is 0 Å². The molecule has 0 spiro atoms. The molecule has 1 N–H and O–H groups in total. The molecule has 0 atom stereocenters. The van der Waals surface area contributed by atoms with Crippen molar-refractivity contribution in [3.8, 4) is 0 Å². The lowest BCUT2D eigenvalue weighted by atomic mass is 10.2. The van der Waals surface area contributed by atoms with Crippen LogP contribution in [0.15, 0.2) is 53.4 Å². The summed E-state index contributed by atoms with van der Waals surface area (Å²) < 4.78 is 31.8. The van der Waals surface area contributed by atoms with Gasteiger partial charge in [0, 0.05) is 20.1 Å². The van der Waals surface area contributed by atoms with E-state index in [1.165, 1.54) is 35.6 Å². The molecule has 2 aromatic rings. The molecule has 0 unspecified atom stereocenters. The topological polar surface area (TPSA) is 113 Å². The molecule has 1 aliphatic heterocycles. The summed E-state index contributed by atoms with van der Waals surface area (Å²) in [5.74, 6) is -1.90. The Bertz CT molecular complexity index is 1150. The van der Waals surface area contributed by atoms with E-state index in [0.717, 1.165) is 17.7 Å². The summed E-state index contributed by atoms with van der Waals surface area (Å²) in [5, 5.41) is 2.96. The average Bonchev–Trinajstić information content (AvgIpc) is 3.34. The molecule has 0 aliphatic carbocycles. The van der Waals surface area contributed by atoms with Crippen LogP contribution in [-0.2, 0) is 24.3 Å². The second kappa shape index (κ2) is 10.8. The number of halogens is 1. The molecule has 1 fully saturated rings. The predicted molar refractivity (Wildman–Crippen MR) is 122 cm³/mol. The molecule has 0 bridgehead atoms. The highest BCUT2D eigenvalue weighted by atomic mass is 35.5. The van der Waals surface area contributed by atoms with Gasteiger partial charge in [0.1, 0.15) is 0 Å². The molecule has 9 nitrogen and oxygen atoms in total. The fourth-order valence-electron chi connectivity index (χ4n) is 3.24. The lowest BCUT2D eigenvalue weighted by Crippen LogP contribution is -2.37. The summed E-state index contributed by atoms with van der Waals surface area (Å²) in [5.41, 5.74) is 0.433. The number of carbonyl (C=O) groups is 3. The van der Waals surface area contributed by atoms with Crippen molar-refractivity contribution in [2.45, 2.75) is 17.7 Å². The van der Waals surface area contributed by atoms with Crippen molar-refractivity contribution >= 4 is 45.1 Å². The zero-order valence-corrected chi connectivity index (χ0v) is 19.6. The van der Waals surface area contributed by atoms with E-state index in [4.69, 9.17) is 16.3 Å². The molecule has 0 saturated carbocycles. The van der Waals surface area contributed by atoms with Crippen LogP contribution in [-0.4, -0.2) is 68.7 Å². The lowest BCUT2D eigenvalue weighted by Gasteiger charge is -2.17. The Hall–Kier alpha value is -2.95. The number of hydrogen-bond acceptors (Lipinski definition) is 6. The highest BCUT2D eigenvalue weighted by Crippen LogP contribution is 2.22. The van der Waals surface area contributed by atoms with Crippen molar-refractivity contribution in [2.24, 2.45) is 0 Å². The molecule has 2 aromatic carbocycles. The molecule has 176 valence electrons. The number of amides is 2. The van der Waals surface area contributed by atoms with E-state index < -0.39 is 34.4 Å². The molecule has 2 amide bonds. The van der Waals surface area contributed by atoms with E-state index in [1.807, 2.05) is 0 Å². The molecule has 11 heteroatoms. The summed E-state index contributed by atoms with van der Waals surface area (Å²) in [6.07, 6.45) is 1.60. The fourth-order valence-corrected chi connectivity index (χ4v) is 4.98. The van der Waals surface area contributed by atoms with Gasteiger partial charge in [-0.25, -0.2) is 13.2 Å². The molecule has 0 radical (unpaired) electrons. The van der Waals surface area contributed by atoms with Gasteiger partial charge >= 0.3 is 5.97 Å². The fraction of sp³-hybridized carbons (Fsp3) is 0.318. The number of ether oxygens (including phenoxy) is 1. The van der Waals surface area contributed by atoms with Crippen LogP contribution in [0.25, 0.3) is 0 Å². The number of sulfonamides is 1. The predicted octanol–water partition coefficient (Wildman–Crippen LogP) is 2.38. The number of nitrogens with zero attached hydrogens (tertiary/aromatic N) is 2.